The van der Waals surface area contributed by atoms with Gasteiger partial charge in [0.05, 0.1) is 28.9 Å². The lowest BCUT2D eigenvalue weighted by atomic mass is 10.1. The molecule has 0 radical (unpaired) electrons. The Morgan fingerprint density at radius 2 is 1.52 bits per heavy atom. The first-order valence-corrected chi connectivity index (χ1v) is 10.4. The number of ketones is 1. The van der Waals surface area contributed by atoms with E-state index in [1.54, 1.807) is 36.4 Å². The van der Waals surface area contributed by atoms with E-state index in [4.69, 9.17) is 32.7 Å². The predicted molar refractivity (Wildman–Crippen MR) is 122 cm³/mol. The molecule has 0 saturated heterocycles. The number of Topliss-reactive ketones (excluding diaryl/α,β-unsaturated/α-hetero) is 1. The largest absolute Gasteiger partial charge is 0.496 e. The highest BCUT2D eigenvalue weighted by Gasteiger charge is 2.38. The van der Waals surface area contributed by atoms with Gasteiger partial charge in [-0.3, -0.25) is 14.4 Å². The minimum absolute atomic E-state index is 0.0231. The summed E-state index contributed by atoms with van der Waals surface area (Å²) in [5, 5.41) is 0.433. The summed E-state index contributed by atoms with van der Waals surface area (Å²) < 4.78 is 10.4. The van der Waals surface area contributed by atoms with Crippen LogP contribution < -0.4 is 9.64 Å². The number of rotatable bonds is 6. The second kappa shape index (κ2) is 9.05. The Bertz CT molecular complexity index is 1270. The molecule has 3 aromatic carbocycles. The first-order valence-electron chi connectivity index (χ1n) is 9.63. The number of nitrogens with zero attached hydrogens (tertiary/aromatic N) is 1. The van der Waals surface area contributed by atoms with E-state index in [2.05, 4.69) is 0 Å². The number of benzene rings is 3. The van der Waals surface area contributed by atoms with E-state index in [9.17, 15) is 19.2 Å². The molecule has 166 valence electrons. The van der Waals surface area contributed by atoms with Crippen molar-refractivity contribution in [2.75, 3.05) is 18.6 Å². The highest BCUT2D eigenvalue weighted by atomic mass is 35.5. The molecule has 1 heterocycles. The monoisotopic (exact) mass is 483 g/mol. The number of amides is 2. The molecule has 7 nitrogen and oxygen atoms in total. The van der Waals surface area contributed by atoms with Gasteiger partial charge in [0.2, 0.25) is 0 Å². The number of hydrogen-bond donors (Lipinski definition) is 0. The maximum Gasteiger partial charge on any atom is 0.342 e. The van der Waals surface area contributed by atoms with Crippen LogP contribution in [0.2, 0.25) is 10.0 Å². The van der Waals surface area contributed by atoms with E-state index in [-0.39, 0.29) is 33.1 Å². The van der Waals surface area contributed by atoms with Crippen LogP contribution in [0, 0.1) is 0 Å². The summed E-state index contributed by atoms with van der Waals surface area (Å²) in [6.45, 7) is -0.513. The van der Waals surface area contributed by atoms with Crippen molar-refractivity contribution in [1.82, 2.24) is 0 Å². The molecule has 0 saturated carbocycles. The van der Waals surface area contributed by atoms with Crippen molar-refractivity contribution >= 4 is 52.5 Å². The number of anilines is 1. The topological polar surface area (TPSA) is 90.0 Å². The molecule has 0 N–H and O–H groups in total. The van der Waals surface area contributed by atoms with Crippen molar-refractivity contribution in [3.8, 4) is 5.75 Å². The summed E-state index contributed by atoms with van der Waals surface area (Å²) in [5.74, 6) is -2.33. The number of esters is 1. The molecular formula is C24H15Cl2NO6. The molecule has 4 rings (SSSR count). The molecule has 0 unspecified atom stereocenters. The standard InChI is InChI=1S/C24H15Cl2NO6/c1-32-21-11-19(27-22(29)15-4-2-3-5-16(15)23(27)30)18(26)10-17(21)24(31)33-12-20(28)13-6-8-14(25)9-7-13/h2-11H,12H2,1H3. The van der Waals surface area contributed by atoms with Crippen molar-refractivity contribution in [2.24, 2.45) is 0 Å². The number of imide groups is 1. The van der Waals surface area contributed by atoms with E-state index in [0.717, 1.165) is 4.90 Å². The van der Waals surface area contributed by atoms with Gasteiger partial charge in [-0.2, -0.15) is 0 Å². The van der Waals surface area contributed by atoms with Crippen molar-refractivity contribution in [1.29, 1.82) is 0 Å². The Morgan fingerprint density at radius 3 is 2.09 bits per heavy atom. The van der Waals surface area contributed by atoms with E-state index in [0.29, 0.717) is 10.6 Å². The maximum absolute atomic E-state index is 12.8. The Hall–Kier alpha value is -3.68. The summed E-state index contributed by atoms with van der Waals surface area (Å²) in [7, 11) is 1.31. The molecule has 0 spiro atoms. The van der Waals surface area contributed by atoms with Crippen LogP contribution in [0.25, 0.3) is 0 Å². The molecule has 2 amide bonds. The zero-order chi connectivity index (χ0) is 23.7. The van der Waals surface area contributed by atoms with Gasteiger partial charge in [0.15, 0.2) is 12.4 Å². The first kappa shape index (κ1) is 22.5. The van der Waals surface area contributed by atoms with Crippen LogP contribution in [0.4, 0.5) is 5.69 Å². The van der Waals surface area contributed by atoms with Crippen molar-refractivity contribution < 1.29 is 28.7 Å². The zero-order valence-corrected chi connectivity index (χ0v) is 18.6. The third-order valence-corrected chi connectivity index (χ3v) is 5.58. The van der Waals surface area contributed by atoms with E-state index in [1.807, 2.05) is 0 Å². The zero-order valence-electron chi connectivity index (χ0n) is 17.1. The summed E-state index contributed by atoms with van der Waals surface area (Å²) in [5.41, 5.74) is 0.835. The molecule has 0 aliphatic carbocycles. The lowest BCUT2D eigenvalue weighted by Gasteiger charge is -2.18. The summed E-state index contributed by atoms with van der Waals surface area (Å²) in [4.78, 5) is 51.4. The Kier molecular flexibility index (Phi) is 6.18. The van der Waals surface area contributed by atoms with Crippen molar-refractivity contribution in [3.63, 3.8) is 0 Å². The second-order valence-electron chi connectivity index (χ2n) is 7.00. The molecule has 0 aromatic heterocycles. The summed E-state index contributed by atoms with van der Waals surface area (Å²) in [6, 6.07) is 15.1. The summed E-state index contributed by atoms with van der Waals surface area (Å²) >= 11 is 12.1. The number of ether oxygens (including phenoxy) is 2. The Morgan fingerprint density at radius 1 is 0.909 bits per heavy atom. The van der Waals surface area contributed by atoms with Gasteiger partial charge in [0.1, 0.15) is 11.3 Å². The summed E-state index contributed by atoms with van der Waals surface area (Å²) in [6.07, 6.45) is 0. The third kappa shape index (κ3) is 4.20. The van der Waals surface area contributed by atoms with Gasteiger partial charge in [0.25, 0.3) is 11.8 Å². The van der Waals surface area contributed by atoms with Crippen molar-refractivity contribution in [3.05, 3.63) is 93.0 Å². The normalized spacial score (nSPS) is 12.5. The van der Waals surface area contributed by atoms with Gasteiger partial charge in [-0.1, -0.05) is 35.3 Å². The smallest absolute Gasteiger partial charge is 0.342 e. The maximum atomic E-state index is 12.8. The Balaban J connectivity index is 1.57. The van der Waals surface area contributed by atoms with Gasteiger partial charge in [-0.05, 0) is 42.5 Å². The number of halogens is 2. The van der Waals surface area contributed by atoms with Crippen LogP contribution in [0.1, 0.15) is 41.4 Å². The van der Waals surface area contributed by atoms with Gasteiger partial charge >= 0.3 is 5.97 Å². The number of fused-ring (bicyclic) bond motifs is 1. The van der Waals surface area contributed by atoms with Crippen LogP contribution in [0.15, 0.2) is 60.7 Å². The number of carbonyl (C=O) groups excluding carboxylic acids is 4. The fourth-order valence-corrected chi connectivity index (χ4v) is 3.75. The van der Waals surface area contributed by atoms with Gasteiger partial charge in [0, 0.05) is 16.7 Å². The Labute approximate surface area is 198 Å². The van der Waals surface area contributed by atoms with Gasteiger partial charge in [-0.25, -0.2) is 9.69 Å². The third-order valence-electron chi connectivity index (χ3n) is 5.02. The van der Waals surface area contributed by atoms with Crippen molar-refractivity contribution in [2.45, 2.75) is 0 Å². The number of carbonyl (C=O) groups is 4. The average molecular weight is 484 g/mol. The lowest BCUT2D eigenvalue weighted by molar-refractivity contribution is 0.0471. The molecular weight excluding hydrogens is 469 g/mol. The molecule has 0 fully saturated rings. The molecule has 1 aliphatic rings. The molecule has 33 heavy (non-hydrogen) atoms. The predicted octanol–water partition coefficient (Wildman–Crippen LogP) is 4.84. The van der Waals surface area contributed by atoms with Crippen LogP contribution in [-0.2, 0) is 4.74 Å². The first-order chi connectivity index (χ1) is 15.8. The highest BCUT2D eigenvalue weighted by molar-refractivity contribution is 6.40. The highest BCUT2D eigenvalue weighted by Crippen LogP contribution is 2.38. The second-order valence-corrected chi connectivity index (χ2v) is 7.85. The minimum atomic E-state index is -0.857. The minimum Gasteiger partial charge on any atom is -0.496 e. The number of methoxy groups -OCH3 is 1. The van der Waals surface area contributed by atoms with Crippen LogP contribution in [-0.4, -0.2) is 37.3 Å². The molecule has 0 bridgehead atoms. The fourth-order valence-electron chi connectivity index (χ4n) is 3.38. The SMILES string of the molecule is COc1cc(N2C(=O)c3ccccc3C2=O)c(Cl)cc1C(=O)OCC(=O)c1ccc(Cl)cc1. The van der Waals surface area contributed by atoms with Crippen LogP contribution in [0.5, 0.6) is 5.75 Å². The van der Waals surface area contributed by atoms with E-state index < -0.39 is 30.2 Å². The van der Waals surface area contributed by atoms with E-state index in [1.165, 1.54) is 31.4 Å². The number of hydrogen-bond acceptors (Lipinski definition) is 6. The van der Waals surface area contributed by atoms with Crippen LogP contribution in [0.3, 0.4) is 0 Å². The van der Waals surface area contributed by atoms with E-state index >= 15 is 0 Å². The fraction of sp³-hybridized carbons (Fsp3) is 0.0833. The molecule has 1 aliphatic heterocycles. The molecule has 9 heteroatoms. The van der Waals surface area contributed by atoms with Gasteiger partial charge in [-0.15, -0.1) is 0 Å². The molecule has 3 aromatic rings. The average Bonchev–Trinajstić information content (AvgIpc) is 3.07. The lowest BCUT2D eigenvalue weighted by Crippen LogP contribution is -2.29. The quantitative estimate of drug-likeness (QED) is 0.283. The van der Waals surface area contributed by atoms with Crippen LogP contribution >= 0.6 is 23.2 Å². The van der Waals surface area contributed by atoms with Gasteiger partial charge < -0.3 is 9.47 Å². The molecule has 0 atom stereocenters.